The predicted octanol–water partition coefficient (Wildman–Crippen LogP) is 4.29. The van der Waals surface area contributed by atoms with Crippen molar-refractivity contribution in [2.45, 2.75) is 19.8 Å². The Hall–Kier alpha value is -2.82. The molecule has 0 saturated carbocycles. The molecule has 0 saturated heterocycles. The zero-order valence-electron chi connectivity index (χ0n) is 13.0. The standard InChI is InChI=1S/C18H19N3O2/c1-2-13-7-8-16-15(11-13)14(12-20-16)9-10-19-17-5-3-4-6-18(17)21(22)23/h3-8,11-12,19-20H,2,9-10H2,1H3. The normalized spacial score (nSPS) is 10.8. The molecule has 0 aliphatic carbocycles. The van der Waals surface area contributed by atoms with Crippen molar-refractivity contribution in [3.8, 4) is 0 Å². The summed E-state index contributed by atoms with van der Waals surface area (Å²) in [6.07, 6.45) is 3.83. The number of para-hydroxylation sites is 2. The molecule has 0 aliphatic heterocycles. The summed E-state index contributed by atoms with van der Waals surface area (Å²) in [6, 6.07) is 13.2. The highest BCUT2D eigenvalue weighted by Gasteiger charge is 2.12. The highest BCUT2D eigenvalue weighted by Crippen LogP contribution is 2.24. The van der Waals surface area contributed by atoms with Gasteiger partial charge in [-0.05, 0) is 42.2 Å². The van der Waals surface area contributed by atoms with E-state index in [2.05, 4.69) is 35.4 Å². The number of nitrogens with one attached hydrogen (secondary N) is 2. The number of nitrogens with zero attached hydrogens (tertiary/aromatic N) is 1. The fourth-order valence-corrected chi connectivity index (χ4v) is 2.77. The van der Waals surface area contributed by atoms with Crippen LogP contribution in [0.5, 0.6) is 0 Å². The average Bonchev–Trinajstić information content (AvgIpc) is 2.97. The Labute approximate surface area is 134 Å². The molecule has 1 heterocycles. The Morgan fingerprint density at radius 1 is 1.22 bits per heavy atom. The molecular weight excluding hydrogens is 290 g/mol. The van der Waals surface area contributed by atoms with Crippen molar-refractivity contribution in [1.82, 2.24) is 4.98 Å². The Balaban J connectivity index is 1.73. The lowest BCUT2D eigenvalue weighted by atomic mass is 10.1. The molecule has 5 nitrogen and oxygen atoms in total. The van der Waals surface area contributed by atoms with Crippen LogP contribution in [0.15, 0.2) is 48.7 Å². The van der Waals surface area contributed by atoms with E-state index in [-0.39, 0.29) is 10.6 Å². The second kappa shape index (κ2) is 6.52. The molecule has 0 amide bonds. The van der Waals surface area contributed by atoms with Crippen LogP contribution in [-0.4, -0.2) is 16.5 Å². The average molecular weight is 309 g/mol. The molecule has 0 bridgehead atoms. The molecule has 3 aromatic rings. The number of nitro benzene ring substituents is 1. The maximum absolute atomic E-state index is 11.0. The number of rotatable bonds is 6. The minimum Gasteiger partial charge on any atom is -0.379 e. The Morgan fingerprint density at radius 3 is 2.83 bits per heavy atom. The van der Waals surface area contributed by atoms with Gasteiger partial charge in [0, 0.05) is 29.7 Å². The van der Waals surface area contributed by atoms with E-state index < -0.39 is 0 Å². The lowest BCUT2D eigenvalue weighted by Crippen LogP contribution is -2.06. The highest BCUT2D eigenvalue weighted by molar-refractivity contribution is 5.84. The first-order valence-corrected chi connectivity index (χ1v) is 7.75. The molecule has 0 fully saturated rings. The van der Waals surface area contributed by atoms with Crippen molar-refractivity contribution in [1.29, 1.82) is 0 Å². The Bertz CT molecular complexity index is 839. The quantitative estimate of drug-likeness (QED) is 0.527. The SMILES string of the molecule is CCc1ccc2[nH]cc(CCNc3ccccc3[N+](=O)[O-])c2c1. The molecule has 5 heteroatoms. The minimum absolute atomic E-state index is 0.111. The van der Waals surface area contributed by atoms with Crippen LogP contribution in [0.3, 0.4) is 0 Å². The molecule has 118 valence electrons. The van der Waals surface area contributed by atoms with E-state index in [0.717, 1.165) is 18.4 Å². The number of nitro groups is 1. The molecule has 0 radical (unpaired) electrons. The van der Waals surface area contributed by atoms with E-state index in [4.69, 9.17) is 0 Å². The second-order valence-electron chi connectivity index (χ2n) is 5.50. The highest BCUT2D eigenvalue weighted by atomic mass is 16.6. The van der Waals surface area contributed by atoms with Crippen LogP contribution in [0.4, 0.5) is 11.4 Å². The van der Waals surface area contributed by atoms with Gasteiger partial charge in [0.15, 0.2) is 0 Å². The number of H-pyrrole nitrogens is 1. The predicted molar refractivity (Wildman–Crippen MR) is 93.0 cm³/mol. The zero-order valence-corrected chi connectivity index (χ0v) is 13.0. The number of benzene rings is 2. The molecule has 0 unspecified atom stereocenters. The third-order valence-electron chi connectivity index (χ3n) is 4.05. The van der Waals surface area contributed by atoms with Crippen LogP contribution < -0.4 is 5.32 Å². The third-order valence-corrected chi connectivity index (χ3v) is 4.05. The van der Waals surface area contributed by atoms with E-state index in [1.807, 2.05) is 6.20 Å². The minimum atomic E-state index is -0.360. The summed E-state index contributed by atoms with van der Waals surface area (Å²) in [6.45, 7) is 2.79. The van der Waals surface area contributed by atoms with Crippen LogP contribution in [-0.2, 0) is 12.8 Å². The fraction of sp³-hybridized carbons (Fsp3) is 0.222. The second-order valence-corrected chi connectivity index (χ2v) is 5.50. The Morgan fingerprint density at radius 2 is 2.04 bits per heavy atom. The first kappa shape index (κ1) is 15.1. The van der Waals surface area contributed by atoms with Crippen molar-refractivity contribution in [3.63, 3.8) is 0 Å². The topological polar surface area (TPSA) is 71.0 Å². The molecule has 0 aliphatic rings. The molecule has 0 spiro atoms. The third kappa shape index (κ3) is 3.18. The van der Waals surface area contributed by atoms with Crippen LogP contribution in [0.2, 0.25) is 0 Å². The van der Waals surface area contributed by atoms with Gasteiger partial charge in [0.05, 0.1) is 4.92 Å². The van der Waals surface area contributed by atoms with Crippen molar-refractivity contribution in [2.24, 2.45) is 0 Å². The van der Waals surface area contributed by atoms with Crippen LogP contribution in [0.25, 0.3) is 10.9 Å². The zero-order chi connectivity index (χ0) is 16.2. The van der Waals surface area contributed by atoms with Gasteiger partial charge in [0.1, 0.15) is 5.69 Å². The van der Waals surface area contributed by atoms with Crippen molar-refractivity contribution in [3.05, 3.63) is 69.9 Å². The van der Waals surface area contributed by atoms with Gasteiger partial charge in [-0.1, -0.05) is 25.1 Å². The molecular formula is C18H19N3O2. The molecule has 2 N–H and O–H groups in total. The summed E-state index contributed by atoms with van der Waals surface area (Å²) in [5.74, 6) is 0. The van der Waals surface area contributed by atoms with Crippen molar-refractivity contribution >= 4 is 22.3 Å². The number of aryl methyl sites for hydroxylation is 1. The van der Waals surface area contributed by atoms with Gasteiger partial charge in [-0.3, -0.25) is 10.1 Å². The van der Waals surface area contributed by atoms with Gasteiger partial charge < -0.3 is 10.3 Å². The number of aromatic nitrogens is 1. The Kier molecular flexibility index (Phi) is 4.28. The summed E-state index contributed by atoms with van der Waals surface area (Å²) in [5, 5.41) is 15.4. The van der Waals surface area contributed by atoms with Crippen LogP contribution in [0.1, 0.15) is 18.1 Å². The van der Waals surface area contributed by atoms with Gasteiger partial charge in [-0.15, -0.1) is 0 Å². The van der Waals surface area contributed by atoms with Crippen LogP contribution in [0, 0.1) is 10.1 Å². The van der Waals surface area contributed by atoms with E-state index in [1.165, 1.54) is 22.6 Å². The number of aromatic amines is 1. The van der Waals surface area contributed by atoms with E-state index >= 15 is 0 Å². The van der Waals surface area contributed by atoms with Gasteiger partial charge in [0.25, 0.3) is 5.69 Å². The number of hydrogen-bond donors (Lipinski definition) is 2. The molecule has 0 atom stereocenters. The van der Waals surface area contributed by atoms with Crippen molar-refractivity contribution in [2.75, 3.05) is 11.9 Å². The van der Waals surface area contributed by atoms with Gasteiger partial charge in [-0.2, -0.15) is 0 Å². The fourth-order valence-electron chi connectivity index (χ4n) is 2.77. The molecule has 23 heavy (non-hydrogen) atoms. The largest absolute Gasteiger partial charge is 0.379 e. The van der Waals surface area contributed by atoms with Gasteiger partial charge in [0.2, 0.25) is 0 Å². The van der Waals surface area contributed by atoms with Crippen molar-refractivity contribution < 1.29 is 4.92 Å². The monoisotopic (exact) mass is 309 g/mol. The van der Waals surface area contributed by atoms with Gasteiger partial charge >= 0.3 is 0 Å². The number of anilines is 1. The summed E-state index contributed by atoms with van der Waals surface area (Å²) >= 11 is 0. The van der Waals surface area contributed by atoms with E-state index in [9.17, 15) is 10.1 Å². The maximum Gasteiger partial charge on any atom is 0.292 e. The first-order chi connectivity index (χ1) is 11.2. The molecule has 1 aromatic heterocycles. The lowest BCUT2D eigenvalue weighted by Gasteiger charge is -2.06. The molecule has 3 rings (SSSR count). The summed E-state index contributed by atoms with van der Waals surface area (Å²) in [7, 11) is 0. The molecule has 2 aromatic carbocycles. The van der Waals surface area contributed by atoms with Crippen LogP contribution >= 0.6 is 0 Å². The number of fused-ring (bicyclic) bond motifs is 1. The lowest BCUT2D eigenvalue weighted by molar-refractivity contribution is -0.384. The first-order valence-electron chi connectivity index (χ1n) is 7.75. The maximum atomic E-state index is 11.0. The summed E-state index contributed by atoms with van der Waals surface area (Å²) < 4.78 is 0. The summed E-state index contributed by atoms with van der Waals surface area (Å²) in [5.41, 5.74) is 4.33. The smallest absolute Gasteiger partial charge is 0.292 e. The van der Waals surface area contributed by atoms with Gasteiger partial charge in [-0.25, -0.2) is 0 Å². The summed E-state index contributed by atoms with van der Waals surface area (Å²) in [4.78, 5) is 13.9. The van der Waals surface area contributed by atoms with E-state index in [0.29, 0.717) is 12.2 Å². The number of hydrogen-bond acceptors (Lipinski definition) is 3. The van der Waals surface area contributed by atoms with E-state index in [1.54, 1.807) is 18.2 Å².